The Bertz CT molecular complexity index is 5900. The summed E-state index contributed by atoms with van der Waals surface area (Å²) in [5.74, 6) is 0. The van der Waals surface area contributed by atoms with Gasteiger partial charge in [0.2, 0.25) is 0 Å². The second-order valence-corrected chi connectivity index (χ2v) is 24.7. The van der Waals surface area contributed by atoms with E-state index >= 15 is 0 Å². The molecule has 3 aromatic heterocycles. The molecule has 2 aliphatic heterocycles. The van der Waals surface area contributed by atoms with Crippen LogP contribution in [0.15, 0.2) is 315 Å². The topological polar surface area (TPSA) is 45.1 Å². The Morgan fingerprint density at radius 2 is 0.720 bits per heavy atom. The molecule has 19 rings (SSSR count). The molecule has 5 heterocycles. The average Bonchev–Trinajstić information content (AvgIpc) is 1.50. The molecule has 0 saturated carbocycles. The van der Waals surface area contributed by atoms with Gasteiger partial charge in [-0.25, -0.2) is 0 Å². The van der Waals surface area contributed by atoms with Crippen molar-refractivity contribution >= 4 is 123 Å². The minimum absolute atomic E-state index is 0.193. The largest absolute Gasteiger partial charge is 0.311 e. The van der Waals surface area contributed by atoms with Crippen LogP contribution in [0.3, 0.4) is 0 Å². The van der Waals surface area contributed by atoms with Crippen LogP contribution in [0.25, 0.3) is 116 Å². The van der Waals surface area contributed by atoms with Crippen LogP contribution in [0.2, 0.25) is 0 Å². The number of nitrogens with zero attached hydrogens (tertiary/aromatic N) is 6. The Balaban J connectivity index is 0.920. The molecule has 432 valence electrons. The number of hydrogen-bond donors (Lipinski definition) is 0. The molecule has 0 bridgehead atoms. The summed E-state index contributed by atoms with van der Waals surface area (Å²) in [6, 6.07) is 118. The molecule has 0 atom stereocenters. The summed E-state index contributed by atoms with van der Waals surface area (Å²) < 4.78 is 7.41. The normalized spacial score (nSPS) is 12.5. The van der Waals surface area contributed by atoms with Gasteiger partial charge < -0.3 is 23.5 Å². The minimum atomic E-state index is -0.193. The van der Waals surface area contributed by atoms with E-state index in [1.54, 1.807) is 0 Å². The van der Waals surface area contributed by atoms with Gasteiger partial charge in [-0.3, -0.25) is 0 Å². The first-order valence-electron chi connectivity index (χ1n) is 31.9. The number of para-hydroxylation sites is 8. The Labute approximate surface area is 538 Å². The Hall–Kier alpha value is -12.4. The van der Waals surface area contributed by atoms with E-state index in [1.807, 2.05) is 12.1 Å². The maximum absolute atomic E-state index is 10.2. The van der Waals surface area contributed by atoms with Crippen LogP contribution in [0.1, 0.15) is 11.1 Å². The molecule has 14 aromatic carbocycles. The minimum Gasteiger partial charge on any atom is -0.311 e. The van der Waals surface area contributed by atoms with Crippen LogP contribution in [0.5, 0.6) is 0 Å². The number of benzene rings is 14. The third-order valence-corrected chi connectivity index (χ3v) is 19.7. The number of anilines is 6. The van der Waals surface area contributed by atoms with Gasteiger partial charge >= 0.3 is 0 Å². The van der Waals surface area contributed by atoms with Crippen LogP contribution in [-0.4, -0.2) is 20.4 Å². The first-order valence-corrected chi connectivity index (χ1v) is 31.9. The van der Waals surface area contributed by atoms with Crippen LogP contribution in [0.4, 0.5) is 34.1 Å². The Kier molecular flexibility index (Phi) is 11.6. The number of hydrogen-bond acceptors (Lipinski definition) is 3. The van der Waals surface area contributed by atoms with E-state index in [-0.39, 0.29) is 6.71 Å². The second-order valence-electron chi connectivity index (χ2n) is 24.7. The summed E-state index contributed by atoms with van der Waals surface area (Å²) in [6.07, 6.45) is 0. The monoisotopic (exact) mass is 1180 g/mol. The van der Waals surface area contributed by atoms with Gasteiger partial charge in [-0.05, 0) is 143 Å². The highest BCUT2D eigenvalue weighted by molar-refractivity contribution is 7.00. The Morgan fingerprint density at radius 3 is 1.27 bits per heavy atom. The van der Waals surface area contributed by atoms with Crippen molar-refractivity contribution in [3.8, 4) is 56.5 Å². The second kappa shape index (κ2) is 20.6. The van der Waals surface area contributed by atoms with E-state index in [0.717, 1.165) is 134 Å². The molecule has 0 spiro atoms. The molecule has 2 aliphatic rings. The van der Waals surface area contributed by atoms with Gasteiger partial charge in [-0.2, -0.15) is 5.26 Å². The van der Waals surface area contributed by atoms with Crippen molar-refractivity contribution in [3.05, 3.63) is 327 Å². The SMILES string of the molecule is Cc1cc2c3c(c1)N(c1ccccc1-c1ccccc1)c1cc(-n4c5ccccc5c5cc(C#N)ccc54)ccc1B3c1ccc(-c3cccc(-n4c5ccccc5c5ccccc54)c3-n3c4ccccc4c4ccccc43)cc1N2c1ccccc1-c1ccccc1. The van der Waals surface area contributed by atoms with Crippen LogP contribution >= 0.6 is 0 Å². The van der Waals surface area contributed by atoms with Gasteiger partial charge in [0, 0.05) is 77.4 Å². The average molecular weight is 1180 g/mol. The first-order chi connectivity index (χ1) is 46.1. The maximum Gasteiger partial charge on any atom is 0.252 e. The number of rotatable bonds is 8. The zero-order chi connectivity index (χ0) is 61.4. The molecule has 0 N–H and O–H groups in total. The molecule has 0 saturated heterocycles. The number of nitriles is 1. The predicted octanol–water partition coefficient (Wildman–Crippen LogP) is 20.2. The molecule has 17 aromatic rings. The number of aryl methyl sites for hydroxylation is 1. The fourth-order valence-corrected chi connectivity index (χ4v) is 15.8. The number of fused-ring (bicyclic) bond motifs is 13. The molecule has 6 nitrogen and oxygen atoms in total. The lowest BCUT2D eigenvalue weighted by atomic mass is 9.33. The third kappa shape index (κ3) is 7.83. The zero-order valence-corrected chi connectivity index (χ0v) is 50.8. The molecule has 0 fully saturated rings. The van der Waals surface area contributed by atoms with E-state index in [1.165, 1.54) is 37.9 Å². The van der Waals surface area contributed by atoms with Crippen molar-refractivity contribution in [1.29, 1.82) is 5.26 Å². The fraction of sp³-hybridized carbons (Fsp3) is 0.0116. The van der Waals surface area contributed by atoms with Gasteiger partial charge in [0.1, 0.15) is 0 Å². The Morgan fingerprint density at radius 1 is 0.290 bits per heavy atom. The van der Waals surface area contributed by atoms with Crippen molar-refractivity contribution in [2.24, 2.45) is 0 Å². The van der Waals surface area contributed by atoms with Gasteiger partial charge in [0.15, 0.2) is 0 Å². The molecule has 93 heavy (non-hydrogen) atoms. The van der Waals surface area contributed by atoms with E-state index in [0.29, 0.717) is 5.56 Å². The summed E-state index contributed by atoms with van der Waals surface area (Å²) in [5.41, 5.74) is 28.8. The van der Waals surface area contributed by atoms with Gasteiger partial charge in [-0.1, -0.05) is 218 Å². The van der Waals surface area contributed by atoms with E-state index in [9.17, 15) is 5.26 Å². The highest BCUT2D eigenvalue weighted by Crippen LogP contribution is 2.51. The summed E-state index contributed by atoms with van der Waals surface area (Å²) in [4.78, 5) is 5.15. The van der Waals surface area contributed by atoms with E-state index in [4.69, 9.17) is 0 Å². The molecule has 0 aliphatic carbocycles. The smallest absolute Gasteiger partial charge is 0.252 e. The van der Waals surface area contributed by atoms with Crippen molar-refractivity contribution in [3.63, 3.8) is 0 Å². The maximum atomic E-state index is 10.2. The third-order valence-electron chi connectivity index (χ3n) is 19.7. The van der Waals surface area contributed by atoms with Crippen molar-refractivity contribution in [2.45, 2.75) is 6.92 Å². The quantitative estimate of drug-likeness (QED) is 0.142. The van der Waals surface area contributed by atoms with Crippen LogP contribution in [-0.2, 0) is 0 Å². The standard InChI is InChI=1S/C86H55BN6/c1-55-49-83-85-84(50-55)92(73-36-16-9-28-62(73)58-25-6-3-7-26-58)82-53-60(89-74-37-17-14-33-68(74)69-51-56(54-88)43-48-79(69)89)45-47-71(82)87(85)70-46-44-59(52-81(70)91(83)72-35-15-8-27-61(72)57-23-4-2-5-24-57)63-34-22-42-80(90-75-38-18-10-29-64(75)65-30-11-19-39-76(65)90)86(63)93-77-40-20-12-31-66(77)67-32-13-21-41-78(67)93/h2-53H,1H3. The van der Waals surface area contributed by atoms with Gasteiger partial charge in [0.05, 0.1) is 67.5 Å². The lowest BCUT2D eigenvalue weighted by Gasteiger charge is -2.45. The first kappa shape index (κ1) is 52.6. The number of aromatic nitrogens is 3. The lowest BCUT2D eigenvalue weighted by Crippen LogP contribution is -2.61. The fourth-order valence-electron chi connectivity index (χ4n) is 15.8. The van der Waals surface area contributed by atoms with E-state index < -0.39 is 0 Å². The van der Waals surface area contributed by atoms with Crippen molar-refractivity contribution in [2.75, 3.05) is 9.80 Å². The zero-order valence-electron chi connectivity index (χ0n) is 50.8. The highest BCUT2D eigenvalue weighted by Gasteiger charge is 2.45. The molecule has 0 unspecified atom stereocenters. The summed E-state index contributed by atoms with van der Waals surface area (Å²) in [7, 11) is 0. The summed E-state index contributed by atoms with van der Waals surface area (Å²) >= 11 is 0. The van der Waals surface area contributed by atoms with Crippen LogP contribution < -0.4 is 26.2 Å². The lowest BCUT2D eigenvalue weighted by molar-refractivity contribution is 1.10. The summed E-state index contributed by atoms with van der Waals surface area (Å²) in [6.45, 7) is 2.07. The highest BCUT2D eigenvalue weighted by atomic mass is 15.2. The molecule has 0 amide bonds. The van der Waals surface area contributed by atoms with Gasteiger partial charge in [-0.15, -0.1) is 0 Å². The molecular formula is C86H55BN6. The van der Waals surface area contributed by atoms with Crippen molar-refractivity contribution < 1.29 is 0 Å². The van der Waals surface area contributed by atoms with E-state index in [2.05, 4.69) is 340 Å². The van der Waals surface area contributed by atoms with Crippen molar-refractivity contribution in [1.82, 2.24) is 13.7 Å². The molecule has 0 radical (unpaired) electrons. The van der Waals surface area contributed by atoms with Crippen LogP contribution in [0, 0.1) is 18.3 Å². The molecule has 7 heteroatoms. The molecular weight excluding hydrogens is 1130 g/mol. The predicted molar refractivity (Wildman–Crippen MR) is 389 cm³/mol. The summed E-state index contributed by atoms with van der Waals surface area (Å²) in [5, 5.41) is 17.2. The van der Waals surface area contributed by atoms with Gasteiger partial charge in [0.25, 0.3) is 6.71 Å².